The van der Waals surface area contributed by atoms with E-state index < -0.39 is 23.9 Å². The van der Waals surface area contributed by atoms with Gasteiger partial charge in [0.1, 0.15) is 0 Å². The molecule has 0 aromatic heterocycles. The van der Waals surface area contributed by atoms with Crippen LogP contribution in [0.3, 0.4) is 0 Å². The molecule has 0 fully saturated rings. The number of hydrogen-bond acceptors (Lipinski definition) is 6. The average Bonchev–Trinajstić information content (AvgIpc) is 2.21. The van der Waals surface area contributed by atoms with Gasteiger partial charge in [0.15, 0.2) is 0 Å². The van der Waals surface area contributed by atoms with Crippen molar-refractivity contribution in [2.45, 2.75) is 27.2 Å². The summed E-state index contributed by atoms with van der Waals surface area (Å²) in [5.74, 6) is -3.28. The predicted octanol–water partition coefficient (Wildman–Crippen LogP) is -0.874. The number of carbonyl (C=O) groups is 4. The number of rotatable bonds is 5. The van der Waals surface area contributed by atoms with Crippen molar-refractivity contribution < 1.29 is 42.5 Å². The van der Waals surface area contributed by atoms with E-state index in [-0.39, 0.29) is 47.0 Å². The van der Waals surface area contributed by atoms with Crippen LogP contribution in [0.2, 0.25) is 0 Å². The molecule has 0 radical (unpaired) electrons. The monoisotopic (exact) mass is 354 g/mol. The number of aliphatic carboxylic acids is 4. The smallest absolute Gasteiger partial charge is 1.00 e. The zero-order valence-corrected chi connectivity index (χ0v) is 15.2. The van der Waals surface area contributed by atoms with Crippen LogP contribution in [0.15, 0.2) is 0 Å². The van der Waals surface area contributed by atoms with Crippen molar-refractivity contribution in [3.8, 4) is 0 Å². The second kappa shape index (κ2) is 28.3. The molecule has 0 aliphatic heterocycles. The van der Waals surface area contributed by atoms with E-state index in [1.54, 1.807) is 0 Å². The Morgan fingerprint density at radius 1 is 0.864 bits per heavy atom. The molecular formula is C11H26CaN2O8. The number of carboxylic acids is 4. The molecular weight excluding hydrogens is 328 g/mol. The first kappa shape index (κ1) is 32.9. The van der Waals surface area contributed by atoms with Gasteiger partial charge in [-0.1, -0.05) is 0 Å². The molecule has 0 aromatic carbocycles. The van der Waals surface area contributed by atoms with Crippen LogP contribution in [0.4, 0.5) is 0 Å². The summed E-state index contributed by atoms with van der Waals surface area (Å²) in [6, 6.07) is 0. The van der Waals surface area contributed by atoms with Crippen LogP contribution in [-0.4, -0.2) is 102 Å². The Hall–Kier alpha value is -0.940. The summed E-state index contributed by atoms with van der Waals surface area (Å²) in [5.41, 5.74) is 5.14. The number of nitrogens with two attached hydrogens (primary N) is 1. The Bertz CT molecular complexity index is 269. The SMILES string of the molecule is CC(=O)O.CC(=O)O.CC(=O)O.NCCNCCC(=O)O.[Ca+2].[H-].[H-]. The first-order valence-corrected chi connectivity index (χ1v) is 5.68. The summed E-state index contributed by atoms with van der Waals surface area (Å²) in [6.45, 7) is 5.00. The molecule has 11 heteroatoms. The topological polar surface area (TPSA) is 187 Å². The molecule has 130 valence electrons. The van der Waals surface area contributed by atoms with Crippen LogP contribution in [0.25, 0.3) is 0 Å². The maximum Gasteiger partial charge on any atom is 2.00 e. The molecule has 10 nitrogen and oxygen atoms in total. The summed E-state index contributed by atoms with van der Waals surface area (Å²) < 4.78 is 0. The third-order valence-corrected chi connectivity index (χ3v) is 0.837. The van der Waals surface area contributed by atoms with Crippen molar-refractivity contribution in [3.63, 3.8) is 0 Å². The molecule has 0 heterocycles. The maximum atomic E-state index is 9.89. The third kappa shape index (κ3) is 243. The zero-order chi connectivity index (χ0) is 17.8. The summed E-state index contributed by atoms with van der Waals surface area (Å²) in [6.07, 6.45) is 0.167. The van der Waals surface area contributed by atoms with Crippen molar-refractivity contribution in [2.75, 3.05) is 19.6 Å². The number of nitrogens with one attached hydrogen (secondary N) is 1. The normalized spacial score (nSPS) is 7.27. The van der Waals surface area contributed by atoms with Gasteiger partial charge in [0.2, 0.25) is 0 Å². The summed E-state index contributed by atoms with van der Waals surface area (Å²) in [4.78, 5) is 36.9. The maximum absolute atomic E-state index is 9.89. The van der Waals surface area contributed by atoms with Crippen molar-refractivity contribution in [3.05, 3.63) is 0 Å². The molecule has 0 unspecified atom stereocenters. The fourth-order valence-electron chi connectivity index (χ4n) is 0.422. The Balaban J connectivity index is -0.0000000334. The van der Waals surface area contributed by atoms with E-state index in [9.17, 15) is 4.79 Å². The standard InChI is InChI=1S/C5H12N2O2.3C2H4O2.Ca.2H/c6-2-4-7-3-1-5(8)9;3*1-2(3)4;;;/h7H,1-4,6H2,(H,8,9);3*1H3,(H,3,4);;;/q;;;;+2;2*-1. The van der Waals surface area contributed by atoms with Gasteiger partial charge in [-0.2, -0.15) is 0 Å². The molecule has 0 aliphatic carbocycles. The summed E-state index contributed by atoms with van der Waals surface area (Å²) in [7, 11) is 0. The molecule has 0 saturated heterocycles. The van der Waals surface area contributed by atoms with Crippen LogP contribution in [0.5, 0.6) is 0 Å². The average molecular weight is 354 g/mol. The number of hydrogen-bond donors (Lipinski definition) is 6. The van der Waals surface area contributed by atoms with E-state index in [1.807, 2.05) is 0 Å². The minimum Gasteiger partial charge on any atom is -1.00 e. The van der Waals surface area contributed by atoms with Gasteiger partial charge < -0.3 is 34.3 Å². The largest absolute Gasteiger partial charge is 2.00 e. The van der Waals surface area contributed by atoms with Crippen molar-refractivity contribution in [1.82, 2.24) is 5.32 Å². The molecule has 0 rings (SSSR count). The van der Waals surface area contributed by atoms with Crippen molar-refractivity contribution >= 4 is 61.6 Å². The molecule has 0 amide bonds. The Kier molecular flexibility index (Phi) is 42.2. The van der Waals surface area contributed by atoms with E-state index in [0.717, 1.165) is 20.8 Å². The minimum atomic E-state index is -0.833. The van der Waals surface area contributed by atoms with Crippen LogP contribution in [0, 0.1) is 0 Å². The van der Waals surface area contributed by atoms with Crippen LogP contribution in [-0.2, 0) is 19.2 Å². The van der Waals surface area contributed by atoms with Crippen LogP contribution >= 0.6 is 0 Å². The summed E-state index contributed by atoms with van der Waals surface area (Å²) in [5, 5.41) is 33.3. The quantitative estimate of drug-likeness (QED) is 0.267. The molecule has 0 atom stereocenters. The predicted molar refractivity (Wildman–Crippen MR) is 82.1 cm³/mol. The van der Waals surface area contributed by atoms with Gasteiger partial charge in [-0.25, -0.2) is 0 Å². The van der Waals surface area contributed by atoms with E-state index >= 15 is 0 Å². The molecule has 0 spiro atoms. The Labute approximate surface area is 161 Å². The van der Waals surface area contributed by atoms with Gasteiger partial charge in [0.25, 0.3) is 17.9 Å². The summed E-state index contributed by atoms with van der Waals surface area (Å²) >= 11 is 0. The molecule has 7 N–H and O–H groups in total. The van der Waals surface area contributed by atoms with Gasteiger partial charge in [-0.05, 0) is 0 Å². The van der Waals surface area contributed by atoms with Crippen LogP contribution in [0.1, 0.15) is 30.0 Å². The first-order valence-electron chi connectivity index (χ1n) is 5.68. The molecule has 22 heavy (non-hydrogen) atoms. The van der Waals surface area contributed by atoms with E-state index in [4.69, 9.17) is 40.5 Å². The first-order chi connectivity index (χ1) is 9.47. The fourth-order valence-corrected chi connectivity index (χ4v) is 0.422. The van der Waals surface area contributed by atoms with Gasteiger partial charge in [-0.3, -0.25) is 19.2 Å². The van der Waals surface area contributed by atoms with E-state index in [1.165, 1.54) is 0 Å². The number of carboxylic acid groups (broad SMARTS) is 4. The Morgan fingerprint density at radius 2 is 1.14 bits per heavy atom. The van der Waals surface area contributed by atoms with E-state index in [0.29, 0.717) is 19.6 Å². The second-order valence-electron chi connectivity index (χ2n) is 3.24. The van der Waals surface area contributed by atoms with Gasteiger partial charge in [0.05, 0.1) is 6.42 Å². The molecule has 0 aromatic rings. The molecule has 0 aliphatic rings. The second-order valence-corrected chi connectivity index (χ2v) is 3.24. The van der Waals surface area contributed by atoms with Crippen LogP contribution < -0.4 is 11.1 Å². The zero-order valence-electron chi connectivity index (χ0n) is 15.0. The van der Waals surface area contributed by atoms with Gasteiger partial charge in [0, 0.05) is 40.4 Å². The molecule has 0 bridgehead atoms. The van der Waals surface area contributed by atoms with Gasteiger partial charge in [-0.15, -0.1) is 0 Å². The third-order valence-electron chi connectivity index (χ3n) is 0.837. The van der Waals surface area contributed by atoms with Crippen molar-refractivity contribution in [2.24, 2.45) is 5.73 Å². The molecule has 0 saturated carbocycles. The fraction of sp³-hybridized carbons (Fsp3) is 0.636. The van der Waals surface area contributed by atoms with Crippen molar-refractivity contribution in [1.29, 1.82) is 0 Å². The van der Waals surface area contributed by atoms with Gasteiger partial charge >= 0.3 is 43.7 Å². The Morgan fingerprint density at radius 3 is 1.32 bits per heavy atom. The minimum absolute atomic E-state index is 0. The van der Waals surface area contributed by atoms with E-state index in [2.05, 4.69) is 5.32 Å².